The second-order valence-corrected chi connectivity index (χ2v) is 5.67. The van der Waals surface area contributed by atoms with E-state index in [1.165, 1.54) is 0 Å². The van der Waals surface area contributed by atoms with Crippen LogP contribution in [0.25, 0.3) is 0 Å². The third-order valence-corrected chi connectivity index (χ3v) is 3.75. The molecule has 0 aromatic carbocycles. The zero-order valence-electron chi connectivity index (χ0n) is 20.6. The van der Waals surface area contributed by atoms with Gasteiger partial charge in [0.15, 0.2) is 17.8 Å². The van der Waals surface area contributed by atoms with Gasteiger partial charge in [-0.3, -0.25) is 9.59 Å². The van der Waals surface area contributed by atoms with E-state index in [0.29, 0.717) is 0 Å². The van der Waals surface area contributed by atoms with Crippen LogP contribution >= 0.6 is 0 Å². The van der Waals surface area contributed by atoms with Crippen molar-refractivity contribution in [2.45, 2.75) is 54.7 Å². The van der Waals surface area contributed by atoms with Crippen molar-refractivity contribution in [1.29, 1.82) is 0 Å². The second-order valence-electron chi connectivity index (χ2n) is 5.67. The van der Waals surface area contributed by atoms with Crippen molar-refractivity contribution in [3.05, 3.63) is 0 Å². The molecule has 28 heavy (non-hydrogen) atoms. The third kappa shape index (κ3) is 6.99. The number of carboxylic acids is 2. The van der Waals surface area contributed by atoms with Crippen LogP contribution in [-0.4, -0.2) is 175 Å². The van der Waals surface area contributed by atoms with E-state index >= 15 is 0 Å². The van der Waals surface area contributed by atoms with Crippen molar-refractivity contribution < 1.29 is 73.6 Å². The summed E-state index contributed by atoms with van der Waals surface area (Å²) in [6.07, 6.45) is -14.6. The number of esters is 1. The number of aliphatic hydroxyl groups excluding tert-OH is 5. The Morgan fingerprint density at radius 1 is 0.857 bits per heavy atom. The molecule has 3 unspecified atom stereocenters. The van der Waals surface area contributed by atoms with Gasteiger partial charge in [0, 0.05) is 0 Å². The smallest absolute Gasteiger partial charge is 1.00 e. The molecule has 156 valence electrons. The monoisotopic (exact) mass is 448 g/mol. The molecule has 13 nitrogen and oxygen atoms in total. The largest absolute Gasteiger partial charge is 2.00 e. The van der Waals surface area contributed by atoms with E-state index in [2.05, 4.69) is 4.74 Å². The van der Waals surface area contributed by atoms with Gasteiger partial charge in [-0.1, -0.05) is 0 Å². The topological polar surface area (TPSA) is 243 Å². The Hall–Kier alpha value is 0.429. The maximum absolute atomic E-state index is 11.8. The summed E-state index contributed by atoms with van der Waals surface area (Å²) in [7, 11) is 0. The first kappa shape index (κ1) is 33.1. The minimum Gasteiger partial charge on any atom is -1.00 e. The first-order valence-electron chi connectivity index (χ1n) is 6.78. The van der Waals surface area contributed by atoms with E-state index in [4.69, 9.17) is 10.2 Å². The number of hydrogen-bond acceptors (Lipinski definition) is 11. The average Bonchev–Trinajstić information content (AvgIpc) is 2.48. The van der Waals surface area contributed by atoms with Crippen molar-refractivity contribution in [3.63, 3.8) is 0 Å². The molecule has 16 heteroatoms. The van der Waals surface area contributed by atoms with Gasteiger partial charge < -0.3 is 59.3 Å². The van der Waals surface area contributed by atoms with Crippen LogP contribution in [0.2, 0.25) is 0 Å². The molecule has 0 radical (unpaired) electrons. The molecule has 1 aliphatic carbocycles. The van der Waals surface area contributed by atoms with Crippen molar-refractivity contribution in [2.75, 3.05) is 0 Å². The van der Waals surface area contributed by atoms with Crippen LogP contribution in [-0.2, 0) is 19.1 Å². The normalized spacial score (nSPS) is 33.8. The van der Waals surface area contributed by atoms with Gasteiger partial charge in [0.25, 0.3) is 5.79 Å². The van der Waals surface area contributed by atoms with Crippen LogP contribution in [0.15, 0.2) is 0 Å². The molecule has 7 atom stereocenters. The molecule has 0 bridgehead atoms. The van der Waals surface area contributed by atoms with Gasteiger partial charge in [0.1, 0.15) is 18.3 Å². The summed E-state index contributed by atoms with van der Waals surface area (Å²) in [5, 5.41) is 84.8. The molecule has 9 N–H and O–H groups in total. The predicted octanol–water partition coefficient (Wildman–Crippen LogP) is -5.75. The summed E-state index contributed by atoms with van der Waals surface area (Å²) in [5.41, 5.74) is -3.12. The van der Waals surface area contributed by atoms with Gasteiger partial charge in [-0.2, -0.15) is 0 Å². The Morgan fingerprint density at radius 3 is 1.57 bits per heavy atom. The molecule has 0 heterocycles. The second kappa shape index (κ2) is 12.3. The molecule has 0 aromatic rings. The summed E-state index contributed by atoms with van der Waals surface area (Å²) in [6, 6.07) is 0. The van der Waals surface area contributed by atoms with Crippen molar-refractivity contribution >= 4 is 87.1 Å². The fourth-order valence-corrected chi connectivity index (χ4v) is 2.28. The number of carbonyl (C=O) groups is 3. The molecule has 1 rings (SSSR count). The van der Waals surface area contributed by atoms with E-state index in [9.17, 15) is 50.1 Å². The number of ether oxygens (including phenoxy) is 1. The first-order valence-corrected chi connectivity index (χ1v) is 6.78. The van der Waals surface area contributed by atoms with E-state index in [1.807, 2.05) is 0 Å². The number of aliphatic hydroxyl groups is 7. The van der Waals surface area contributed by atoms with Gasteiger partial charge >= 0.3 is 87.1 Å². The summed E-state index contributed by atoms with van der Waals surface area (Å²) < 4.78 is 4.29. The molecule has 0 aromatic heterocycles. The van der Waals surface area contributed by atoms with Gasteiger partial charge in [-0.15, -0.1) is 0 Å². The Balaban J connectivity index is -0.0000000992. The Kier molecular flexibility index (Phi) is 14.6. The summed E-state index contributed by atoms with van der Waals surface area (Å²) in [5.74, 6) is -9.01. The van der Waals surface area contributed by atoms with Crippen LogP contribution in [0.4, 0.5) is 0 Å². The van der Waals surface area contributed by atoms with Crippen molar-refractivity contribution in [2.24, 2.45) is 0 Å². The van der Waals surface area contributed by atoms with Crippen LogP contribution < -0.4 is 0 Å². The number of carbonyl (C=O) groups excluding carboxylic acids is 1. The average molecular weight is 449 g/mol. The van der Waals surface area contributed by atoms with E-state index < -0.39 is 72.7 Å². The quantitative estimate of drug-likeness (QED) is 0.104. The molecule has 0 saturated heterocycles. The molecule has 0 spiro atoms. The van der Waals surface area contributed by atoms with Gasteiger partial charge in [0.05, 0.1) is 12.8 Å². The van der Waals surface area contributed by atoms with Gasteiger partial charge in [-0.25, -0.2) is 4.79 Å². The van der Waals surface area contributed by atoms with Crippen LogP contribution in [0.1, 0.15) is 21.4 Å². The van der Waals surface area contributed by atoms with Crippen molar-refractivity contribution in [1.82, 2.24) is 0 Å². The molecule has 0 aliphatic heterocycles. The standard InChI is InChI=1S/C12H18O13.3Mg.6H/c13-3(14)1-11(23,10(21)22)2-4(15)25-12(24)8(19)6(17)5(16)7(18)9(12)20;;;;;;;;;/h5-9,16-20,23-24H,1-2H2,(H,13,14)(H,21,22);;;;;;;;;/q;3*+2;6*-1/t5?,6-,7+,8-,9-,11?,12?;;;;;;;;;/m1........./s1. The predicted molar refractivity (Wildman–Crippen MR) is 94.5 cm³/mol. The minimum absolute atomic E-state index is 0. The van der Waals surface area contributed by atoms with E-state index in [1.54, 1.807) is 0 Å². The van der Waals surface area contributed by atoms with Crippen molar-refractivity contribution in [3.8, 4) is 0 Å². The Labute approximate surface area is 214 Å². The van der Waals surface area contributed by atoms with E-state index in [-0.39, 0.29) is 77.7 Å². The van der Waals surface area contributed by atoms with E-state index in [0.717, 1.165) is 0 Å². The first-order chi connectivity index (χ1) is 11.3. The number of rotatable bonds is 6. The minimum atomic E-state index is -3.36. The number of carboxylic acid groups (broad SMARTS) is 2. The van der Waals surface area contributed by atoms with Crippen LogP contribution in [0.5, 0.6) is 0 Å². The molecular formula is C12H24Mg3O13. The fraction of sp³-hybridized carbons (Fsp3) is 0.750. The van der Waals surface area contributed by atoms with Gasteiger partial charge in [0.2, 0.25) is 0 Å². The fourth-order valence-electron chi connectivity index (χ4n) is 2.28. The van der Waals surface area contributed by atoms with Crippen LogP contribution in [0, 0.1) is 0 Å². The Morgan fingerprint density at radius 2 is 1.25 bits per heavy atom. The van der Waals surface area contributed by atoms with Gasteiger partial charge in [-0.05, 0) is 0 Å². The summed E-state index contributed by atoms with van der Waals surface area (Å²) in [4.78, 5) is 33.3. The molecular weight excluding hydrogens is 425 g/mol. The Bertz CT molecular complexity index is 568. The maximum atomic E-state index is 11.8. The molecule has 1 aliphatic rings. The number of hydrogen-bond donors (Lipinski definition) is 9. The summed E-state index contributed by atoms with van der Waals surface area (Å²) >= 11 is 0. The number of aliphatic carboxylic acids is 2. The zero-order chi connectivity index (χ0) is 19.7. The van der Waals surface area contributed by atoms with Crippen LogP contribution in [0.3, 0.4) is 0 Å². The molecule has 1 saturated carbocycles. The third-order valence-electron chi connectivity index (χ3n) is 3.75. The summed E-state index contributed by atoms with van der Waals surface area (Å²) in [6.45, 7) is 0. The molecule has 1 fully saturated rings. The SMILES string of the molecule is O=C(O)CC(O)(CC(=O)OC1(O)[C@H](O)[C@H](O)C(O)[C@H](O)[C@H]1O)C(=O)O.[H-].[H-].[H-].[H-].[H-].[H-].[Mg+2].[Mg+2].[Mg+2]. The maximum Gasteiger partial charge on any atom is 2.00 e. The zero-order valence-corrected chi connectivity index (χ0v) is 18.8. The molecule has 0 amide bonds.